The molecule has 0 radical (unpaired) electrons. The maximum atomic E-state index is 2.45. The van der Waals surface area contributed by atoms with Gasteiger partial charge in [0.15, 0.2) is 0 Å². The summed E-state index contributed by atoms with van der Waals surface area (Å²) in [4.78, 5) is 0. The van der Waals surface area contributed by atoms with Crippen molar-refractivity contribution in [3.05, 3.63) is 193 Å². The molecule has 0 amide bonds. The molecule has 0 bridgehead atoms. The predicted octanol–water partition coefficient (Wildman–Crippen LogP) is 14.6. The van der Waals surface area contributed by atoms with Crippen LogP contribution in [0.3, 0.4) is 0 Å². The van der Waals surface area contributed by atoms with E-state index in [1.54, 1.807) is 0 Å². The van der Waals surface area contributed by atoms with Crippen molar-refractivity contribution in [1.29, 1.82) is 0 Å². The fraction of sp³-hybridized carbons (Fsp3) is 0.0566. The van der Waals surface area contributed by atoms with Gasteiger partial charge in [-0.15, -0.1) is 0 Å². The van der Waals surface area contributed by atoms with Gasteiger partial charge in [0.1, 0.15) is 0 Å². The minimum Gasteiger partial charge on any atom is -0.0622 e. The van der Waals surface area contributed by atoms with E-state index in [1.165, 1.54) is 111 Å². The zero-order valence-corrected chi connectivity index (χ0v) is 29.8. The monoisotopic (exact) mass is 672 g/mol. The quantitative estimate of drug-likeness (QED) is 0.163. The lowest BCUT2D eigenvalue weighted by atomic mass is 9.81. The molecule has 0 N–H and O–H groups in total. The molecular weight excluding hydrogens is 637 g/mol. The van der Waals surface area contributed by atoms with Gasteiger partial charge < -0.3 is 0 Å². The summed E-state index contributed by atoms with van der Waals surface area (Å²) in [5.41, 5.74) is 20.8. The van der Waals surface area contributed by atoms with Gasteiger partial charge in [0, 0.05) is 5.41 Å². The molecule has 0 spiro atoms. The number of hydrogen-bond acceptors (Lipinski definition) is 0. The minimum atomic E-state index is -0.0372. The van der Waals surface area contributed by atoms with Crippen LogP contribution in [-0.4, -0.2) is 0 Å². The molecule has 0 aromatic heterocycles. The van der Waals surface area contributed by atoms with Crippen LogP contribution in [0.5, 0.6) is 0 Å². The molecule has 0 heteroatoms. The predicted molar refractivity (Wildman–Crippen MR) is 225 cm³/mol. The third kappa shape index (κ3) is 4.30. The van der Waals surface area contributed by atoms with Crippen LogP contribution in [-0.2, 0) is 5.41 Å². The largest absolute Gasteiger partial charge is 0.0622 e. The number of benzene rings is 9. The molecule has 53 heavy (non-hydrogen) atoms. The smallest absolute Gasteiger partial charge is 0.0159 e. The summed E-state index contributed by atoms with van der Waals surface area (Å²) in [6, 6.07) is 67.8. The lowest BCUT2D eigenvalue weighted by Gasteiger charge is -2.22. The van der Waals surface area contributed by atoms with E-state index >= 15 is 0 Å². The van der Waals surface area contributed by atoms with Crippen molar-refractivity contribution in [2.24, 2.45) is 0 Å². The summed E-state index contributed by atoms with van der Waals surface area (Å²) in [5.74, 6) is 0. The Kier molecular flexibility index (Phi) is 6.40. The molecule has 248 valence electrons. The molecule has 9 aromatic rings. The molecule has 0 unspecified atom stereocenters. The van der Waals surface area contributed by atoms with Gasteiger partial charge >= 0.3 is 0 Å². The molecule has 0 heterocycles. The summed E-state index contributed by atoms with van der Waals surface area (Å²) in [6.07, 6.45) is 0. The zero-order valence-electron chi connectivity index (χ0n) is 29.8. The molecule has 0 atom stereocenters. The summed E-state index contributed by atoms with van der Waals surface area (Å²) in [5, 5.41) is 5.23. The summed E-state index contributed by atoms with van der Waals surface area (Å²) >= 11 is 0. The van der Waals surface area contributed by atoms with Crippen LogP contribution >= 0.6 is 0 Å². The first-order valence-electron chi connectivity index (χ1n) is 18.7. The van der Waals surface area contributed by atoms with Crippen LogP contribution in [0.15, 0.2) is 182 Å². The fourth-order valence-corrected chi connectivity index (χ4v) is 9.59. The van der Waals surface area contributed by atoms with Crippen molar-refractivity contribution in [2.45, 2.75) is 19.3 Å². The van der Waals surface area contributed by atoms with Gasteiger partial charge in [0.25, 0.3) is 0 Å². The molecule has 0 fully saturated rings. The molecule has 0 saturated heterocycles. The van der Waals surface area contributed by atoms with E-state index in [4.69, 9.17) is 0 Å². The standard InChI is InChI=1S/C53H36/c1-53(2)47-26-12-11-19-39(47)40-29-27-36(32-48(40)53)35-28-30-44-46(31-35)43-24-14-25-45-51(42-21-10-9-20-41(42)50(44)52(43)45)49-37(33-15-5-3-6-16-33)22-13-23-38(49)34-17-7-4-8-18-34/h3-32H,1-2H3. The molecule has 0 aliphatic heterocycles. The highest BCUT2D eigenvalue weighted by atomic mass is 14.4. The Morgan fingerprint density at radius 2 is 0.792 bits per heavy atom. The summed E-state index contributed by atoms with van der Waals surface area (Å²) in [6.45, 7) is 4.73. The lowest BCUT2D eigenvalue weighted by molar-refractivity contribution is 0.660. The Bertz CT molecular complexity index is 2890. The van der Waals surface area contributed by atoms with Gasteiger partial charge in [-0.05, 0) is 123 Å². The van der Waals surface area contributed by atoms with Crippen LogP contribution in [0, 0.1) is 0 Å². The van der Waals surface area contributed by atoms with Crippen molar-refractivity contribution in [1.82, 2.24) is 0 Å². The van der Waals surface area contributed by atoms with Crippen LogP contribution < -0.4 is 0 Å². The van der Waals surface area contributed by atoms with Gasteiger partial charge in [0.05, 0.1) is 0 Å². The van der Waals surface area contributed by atoms with Crippen molar-refractivity contribution < 1.29 is 0 Å². The average Bonchev–Trinajstić information content (AvgIpc) is 3.67. The van der Waals surface area contributed by atoms with E-state index in [9.17, 15) is 0 Å². The topological polar surface area (TPSA) is 0 Å². The van der Waals surface area contributed by atoms with Crippen LogP contribution in [0.4, 0.5) is 0 Å². The third-order valence-electron chi connectivity index (χ3n) is 12.0. The first-order valence-corrected chi connectivity index (χ1v) is 18.7. The van der Waals surface area contributed by atoms with Crippen LogP contribution in [0.25, 0.3) is 99.4 Å². The van der Waals surface area contributed by atoms with E-state index in [0.717, 1.165) is 0 Å². The highest BCUT2D eigenvalue weighted by Gasteiger charge is 2.35. The first-order chi connectivity index (χ1) is 26.1. The fourth-order valence-electron chi connectivity index (χ4n) is 9.59. The van der Waals surface area contributed by atoms with Gasteiger partial charge in [0.2, 0.25) is 0 Å². The van der Waals surface area contributed by atoms with Crippen molar-refractivity contribution in [3.63, 3.8) is 0 Å². The molecule has 0 nitrogen and oxygen atoms in total. The normalized spacial score (nSPS) is 13.2. The van der Waals surface area contributed by atoms with Crippen molar-refractivity contribution in [3.8, 4) is 77.9 Å². The maximum absolute atomic E-state index is 2.45. The highest BCUT2D eigenvalue weighted by Crippen LogP contribution is 2.56. The SMILES string of the molecule is CC1(C)c2ccccc2-c2ccc(-c3ccc4c(c3)-c3cccc5c(-c6c(-c7ccccc7)cccc6-c6ccccc6)c6ccccc6c-4c35)cc21. The van der Waals surface area contributed by atoms with Crippen LogP contribution in [0.2, 0.25) is 0 Å². The Balaban J connectivity index is 1.17. The number of fused-ring (bicyclic) bond motifs is 8. The Labute approximate surface area is 310 Å². The number of hydrogen-bond donors (Lipinski definition) is 0. The molecule has 2 aliphatic rings. The van der Waals surface area contributed by atoms with Gasteiger partial charge in [-0.3, -0.25) is 0 Å². The van der Waals surface area contributed by atoms with E-state index in [-0.39, 0.29) is 5.41 Å². The molecule has 9 aromatic carbocycles. The van der Waals surface area contributed by atoms with E-state index in [1.807, 2.05) is 0 Å². The van der Waals surface area contributed by atoms with E-state index in [0.29, 0.717) is 0 Å². The lowest BCUT2D eigenvalue weighted by Crippen LogP contribution is -2.14. The Morgan fingerprint density at radius 1 is 0.283 bits per heavy atom. The second-order valence-electron chi connectivity index (χ2n) is 15.2. The molecule has 2 aliphatic carbocycles. The van der Waals surface area contributed by atoms with Gasteiger partial charge in [-0.2, -0.15) is 0 Å². The molecule has 11 rings (SSSR count). The van der Waals surface area contributed by atoms with Crippen molar-refractivity contribution >= 4 is 21.5 Å². The second-order valence-corrected chi connectivity index (χ2v) is 15.2. The van der Waals surface area contributed by atoms with Gasteiger partial charge in [-0.25, -0.2) is 0 Å². The van der Waals surface area contributed by atoms with Gasteiger partial charge in [-0.1, -0.05) is 184 Å². The molecule has 0 saturated carbocycles. The first kappa shape index (κ1) is 30.2. The summed E-state index contributed by atoms with van der Waals surface area (Å²) < 4.78 is 0. The van der Waals surface area contributed by atoms with E-state index in [2.05, 4.69) is 196 Å². The van der Waals surface area contributed by atoms with Crippen molar-refractivity contribution in [2.75, 3.05) is 0 Å². The maximum Gasteiger partial charge on any atom is 0.0159 e. The summed E-state index contributed by atoms with van der Waals surface area (Å²) in [7, 11) is 0. The van der Waals surface area contributed by atoms with E-state index < -0.39 is 0 Å². The molecular formula is C53H36. The average molecular weight is 673 g/mol. The highest BCUT2D eigenvalue weighted by molar-refractivity contribution is 6.30. The second kappa shape index (κ2) is 11.2. The minimum absolute atomic E-state index is 0.0372. The van der Waals surface area contributed by atoms with Crippen LogP contribution in [0.1, 0.15) is 25.0 Å². The third-order valence-corrected chi connectivity index (χ3v) is 12.0. The number of rotatable bonds is 4. The zero-order chi connectivity index (χ0) is 35.3. The Morgan fingerprint density at radius 3 is 1.51 bits per heavy atom. The Hall–Kier alpha value is -6.50.